The van der Waals surface area contributed by atoms with Gasteiger partial charge in [-0.1, -0.05) is 23.7 Å². The van der Waals surface area contributed by atoms with Gasteiger partial charge in [0, 0.05) is 39.5 Å². The fourth-order valence-electron chi connectivity index (χ4n) is 6.07. The maximum absolute atomic E-state index is 14.1. The molecule has 0 radical (unpaired) electrons. The molecule has 0 N–H and O–H groups in total. The van der Waals surface area contributed by atoms with E-state index < -0.39 is 11.6 Å². The number of halogens is 1. The number of quaternary nitrogens is 1. The predicted molar refractivity (Wildman–Crippen MR) is 142 cm³/mol. The number of ether oxygens (including phenoxy) is 2. The summed E-state index contributed by atoms with van der Waals surface area (Å²) in [7, 11) is 4.53. The van der Waals surface area contributed by atoms with Crippen molar-refractivity contribution in [1.82, 2.24) is 0 Å². The average Bonchev–Trinajstić information content (AvgIpc) is 3.68. The molecular formula is C28H32ClNO4S2. The number of fused-ring (bicyclic) bond motifs is 2. The van der Waals surface area contributed by atoms with Crippen molar-refractivity contribution in [1.29, 1.82) is 0 Å². The molecule has 0 saturated heterocycles. The Labute approximate surface area is 225 Å². The molecule has 192 valence electrons. The SMILES string of the molecule is C[N+](C)(CCCOc1ccc(Cl)cc1)[C@H]1CC2CCC1C2OC(=O)C([O-])(c1cccs1)c1cccs1. The molecule has 5 nitrogen and oxygen atoms in total. The van der Waals surface area contributed by atoms with E-state index in [0.29, 0.717) is 33.3 Å². The summed E-state index contributed by atoms with van der Waals surface area (Å²) < 4.78 is 12.9. The summed E-state index contributed by atoms with van der Waals surface area (Å²) in [5.74, 6) is 0.774. The Morgan fingerprint density at radius 3 is 2.36 bits per heavy atom. The Hall–Kier alpha value is -1.90. The zero-order valence-corrected chi connectivity index (χ0v) is 23.0. The molecule has 0 aliphatic heterocycles. The van der Waals surface area contributed by atoms with E-state index in [1.807, 2.05) is 47.2 Å². The van der Waals surface area contributed by atoms with Gasteiger partial charge in [0.2, 0.25) is 0 Å². The lowest BCUT2D eigenvalue weighted by molar-refractivity contribution is -0.918. The van der Waals surface area contributed by atoms with E-state index in [1.165, 1.54) is 22.7 Å². The van der Waals surface area contributed by atoms with Crippen LogP contribution in [0, 0.1) is 11.8 Å². The first-order valence-corrected chi connectivity index (χ1v) is 14.6. The van der Waals surface area contributed by atoms with Crippen LogP contribution in [-0.4, -0.2) is 49.8 Å². The van der Waals surface area contributed by atoms with Crippen molar-refractivity contribution < 1.29 is 23.9 Å². The Kier molecular flexibility index (Phi) is 7.48. The van der Waals surface area contributed by atoms with Gasteiger partial charge in [-0.05, 0) is 60.0 Å². The van der Waals surface area contributed by atoms with Crippen molar-refractivity contribution in [2.75, 3.05) is 27.2 Å². The van der Waals surface area contributed by atoms with Crippen LogP contribution >= 0.6 is 34.3 Å². The number of benzene rings is 1. The second-order valence-corrected chi connectivity index (χ2v) is 12.8. The first kappa shape index (κ1) is 25.7. The topological polar surface area (TPSA) is 58.6 Å². The number of carbonyl (C=O) groups is 1. The molecule has 2 saturated carbocycles. The molecule has 3 unspecified atom stereocenters. The van der Waals surface area contributed by atoms with Gasteiger partial charge in [0.05, 0.1) is 38.9 Å². The summed E-state index contributed by atoms with van der Waals surface area (Å²) in [4.78, 5) is 14.5. The largest absolute Gasteiger partial charge is 0.833 e. The van der Waals surface area contributed by atoms with Crippen molar-refractivity contribution in [2.24, 2.45) is 11.8 Å². The van der Waals surface area contributed by atoms with E-state index >= 15 is 0 Å². The zero-order chi connectivity index (χ0) is 25.3. The molecule has 2 fully saturated rings. The minimum Gasteiger partial charge on any atom is -0.833 e. The van der Waals surface area contributed by atoms with Gasteiger partial charge in [-0.3, -0.25) is 4.79 Å². The minimum absolute atomic E-state index is 0.182. The Balaban J connectivity index is 1.22. The van der Waals surface area contributed by atoms with Crippen LogP contribution in [0.5, 0.6) is 5.75 Å². The molecule has 2 aliphatic rings. The molecule has 0 spiro atoms. The third-order valence-corrected chi connectivity index (χ3v) is 10.1. The van der Waals surface area contributed by atoms with E-state index in [9.17, 15) is 9.90 Å². The summed E-state index contributed by atoms with van der Waals surface area (Å²) in [6.45, 7) is 1.61. The number of carbonyl (C=O) groups excluding carboxylic acids is 1. The fraction of sp³-hybridized carbons (Fsp3) is 0.464. The van der Waals surface area contributed by atoms with Crippen molar-refractivity contribution in [2.45, 2.75) is 43.4 Å². The summed E-state index contributed by atoms with van der Waals surface area (Å²) in [5.41, 5.74) is -2.00. The molecule has 2 aromatic heterocycles. The maximum Gasteiger partial charge on any atom is 0.306 e. The van der Waals surface area contributed by atoms with Crippen LogP contribution in [0.25, 0.3) is 0 Å². The first-order valence-electron chi connectivity index (χ1n) is 12.5. The summed E-state index contributed by atoms with van der Waals surface area (Å²) in [6.07, 6.45) is 3.87. The number of esters is 1. The van der Waals surface area contributed by atoms with Gasteiger partial charge in [0.1, 0.15) is 11.9 Å². The molecule has 2 heterocycles. The predicted octanol–water partition coefficient (Wildman–Crippen LogP) is 5.32. The lowest BCUT2D eigenvalue weighted by Crippen LogP contribution is -2.53. The molecule has 2 bridgehead atoms. The molecule has 1 aromatic carbocycles. The second kappa shape index (κ2) is 10.5. The summed E-state index contributed by atoms with van der Waals surface area (Å²) in [6, 6.07) is 15.0. The molecule has 0 amide bonds. The van der Waals surface area contributed by atoms with Crippen molar-refractivity contribution in [3.63, 3.8) is 0 Å². The monoisotopic (exact) mass is 545 g/mol. The van der Waals surface area contributed by atoms with E-state index in [4.69, 9.17) is 21.1 Å². The highest BCUT2D eigenvalue weighted by atomic mass is 35.5. The van der Waals surface area contributed by atoms with Crippen LogP contribution < -0.4 is 9.84 Å². The van der Waals surface area contributed by atoms with Crippen molar-refractivity contribution in [3.05, 3.63) is 74.1 Å². The third kappa shape index (κ3) is 4.96. The minimum atomic E-state index is -2.00. The van der Waals surface area contributed by atoms with Gasteiger partial charge >= 0.3 is 5.97 Å². The quantitative estimate of drug-likeness (QED) is 0.196. The average molecular weight is 546 g/mol. The molecule has 8 heteroatoms. The Bertz CT molecular complexity index is 1110. The van der Waals surface area contributed by atoms with Gasteiger partial charge in [-0.2, -0.15) is 0 Å². The number of hydrogen-bond donors (Lipinski definition) is 0. The van der Waals surface area contributed by atoms with Gasteiger partial charge in [-0.15, -0.1) is 22.7 Å². The highest BCUT2D eigenvalue weighted by Gasteiger charge is 2.56. The maximum atomic E-state index is 14.1. The molecule has 5 rings (SSSR count). The summed E-state index contributed by atoms with van der Waals surface area (Å²) >= 11 is 8.59. The van der Waals surface area contributed by atoms with Crippen LogP contribution in [0.4, 0.5) is 0 Å². The summed E-state index contributed by atoms with van der Waals surface area (Å²) in [5, 5.41) is 18.4. The van der Waals surface area contributed by atoms with Crippen LogP contribution in [-0.2, 0) is 15.1 Å². The molecule has 36 heavy (non-hydrogen) atoms. The van der Waals surface area contributed by atoms with Gasteiger partial charge in [0.15, 0.2) is 0 Å². The van der Waals surface area contributed by atoms with Crippen LogP contribution in [0.2, 0.25) is 5.02 Å². The van der Waals surface area contributed by atoms with E-state index in [1.54, 1.807) is 12.1 Å². The number of nitrogens with zero attached hydrogens (tertiary/aromatic N) is 1. The Morgan fingerprint density at radius 1 is 1.08 bits per heavy atom. The number of thiophene rings is 2. The van der Waals surface area contributed by atoms with Gasteiger partial charge < -0.3 is 19.1 Å². The Morgan fingerprint density at radius 2 is 1.75 bits per heavy atom. The number of hydrogen-bond acceptors (Lipinski definition) is 6. The molecule has 2 aliphatic carbocycles. The standard InChI is InChI=1S/C28H32ClNO4S2/c1-30(2,14-5-15-33-21-11-9-20(29)10-12-21)23-18-19-8-13-22(23)26(19)34-27(31)28(32,24-6-3-16-35-24)25-7-4-17-36-25/h3-4,6-7,9-12,16-17,19,22-23,26H,5,8,13-15,18H2,1-2H3/t19?,22?,23-,26?/m0/s1. The lowest BCUT2D eigenvalue weighted by Gasteiger charge is -2.41. The van der Waals surface area contributed by atoms with E-state index in [2.05, 4.69) is 14.1 Å². The molecular weight excluding hydrogens is 514 g/mol. The van der Waals surface area contributed by atoms with Crippen LogP contribution in [0.3, 0.4) is 0 Å². The van der Waals surface area contributed by atoms with Crippen molar-refractivity contribution in [3.8, 4) is 5.75 Å². The molecule has 4 atom stereocenters. The molecule has 3 aromatic rings. The first-order chi connectivity index (χ1) is 17.3. The highest BCUT2D eigenvalue weighted by Crippen LogP contribution is 2.50. The highest BCUT2D eigenvalue weighted by molar-refractivity contribution is 7.12. The van der Waals surface area contributed by atoms with Crippen molar-refractivity contribution >= 4 is 40.2 Å². The van der Waals surface area contributed by atoms with Crippen LogP contribution in [0.15, 0.2) is 59.3 Å². The van der Waals surface area contributed by atoms with Gasteiger partial charge in [0.25, 0.3) is 0 Å². The lowest BCUT2D eigenvalue weighted by atomic mass is 9.92. The normalized spacial score (nSPS) is 23.7. The zero-order valence-electron chi connectivity index (χ0n) is 20.6. The van der Waals surface area contributed by atoms with Crippen LogP contribution in [0.1, 0.15) is 35.4 Å². The van der Waals surface area contributed by atoms with E-state index in [-0.39, 0.29) is 12.0 Å². The smallest absolute Gasteiger partial charge is 0.306 e. The third-order valence-electron chi connectivity index (χ3n) is 7.92. The fourth-order valence-corrected chi connectivity index (χ4v) is 7.90. The van der Waals surface area contributed by atoms with Gasteiger partial charge in [-0.25, -0.2) is 0 Å². The van der Waals surface area contributed by atoms with E-state index in [0.717, 1.165) is 42.5 Å². The second-order valence-electron chi connectivity index (χ2n) is 10.5. The number of rotatable bonds is 10.